The lowest BCUT2D eigenvalue weighted by Crippen LogP contribution is -2.48. The van der Waals surface area contributed by atoms with Crippen molar-refractivity contribution in [3.8, 4) is 0 Å². The molecule has 3 aliphatic heterocycles. The number of likely N-dealkylation sites (N-methyl/N-ethyl adjacent to an activating group) is 1. The number of aromatic carboxylic acids is 1. The second-order valence-corrected chi connectivity index (χ2v) is 9.05. The molecule has 1 aromatic carbocycles. The molecule has 0 saturated carbocycles. The molecule has 15 heteroatoms. The van der Waals surface area contributed by atoms with E-state index in [9.17, 15) is 24.6 Å². The topological polar surface area (TPSA) is 217 Å². The first-order valence-electron chi connectivity index (χ1n) is 11.9. The first kappa shape index (κ1) is 31.6. The zero-order chi connectivity index (χ0) is 29.3. The fraction of sp³-hybridized carbons (Fsp3) is 0.500. The molecule has 1 aromatic rings. The zero-order valence-corrected chi connectivity index (χ0v) is 21.9. The Bertz CT molecular complexity index is 1080. The summed E-state index contributed by atoms with van der Waals surface area (Å²) in [5, 5.41) is 48.4. The largest absolute Gasteiger partial charge is 0.478 e. The number of carbonyl (C=O) groups excluding carboxylic acids is 2. The van der Waals surface area contributed by atoms with Crippen LogP contribution < -0.4 is 5.32 Å². The summed E-state index contributed by atoms with van der Waals surface area (Å²) in [6.45, 7) is 3.50. The van der Waals surface area contributed by atoms with E-state index in [2.05, 4.69) is 20.3 Å². The van der Waals surface area contributed by atoms with Crippen molar-refractivity contribution in [2.24, 2.45) is 15.0 Å². The third kappa shape index (κ3) is 8.98. The molecule has 3 aliphatic rings. The van der Waals surface area contributed by atoms with Gasteiger partial charge in [0.25, 0.3) is 5.91 Å². The summed E-state index contributed by atoms with van der Waals surface area (Å²) in [6, 6.07) is 5.14. The molecule has 6 atom stereocenters. The van der Waals surface area contributed by atoms with Crippen LogP contribution in [0.3, 0.4) is 0 Å². The Morgan fingerprint density at radius 3 is 2.28 bits per heavy atom. The molecule has 1 fully saturated rings. The van der Waals surface area contributed by atoms with Crippen LogP contribution in [0.5, 0.6) is 0 Å². The van der Waals surface area contributed by atoms with Crippen molar-refractivity contribution in [1.82, 2.24) is 9.80 Å². The van der Waals surface area contributed by atoms with Gasteiger partial charge in [0.05, 0.1) is 24.6 Å². The van der Waals surface area contributed by atoms with Gasteiger partial charge in [-0.2, -0.15) is 4.99 Å². The number of aliphatic imine (C=N–C) groups is 3. The van der Waals surface area contributed by atoms with E-state index in [1.165, 1.54) is 30.3 Å². The molecule has 6 unspecified atom stereocenters. The third-order valence-electron chi connectivity index (χ3n) is 5.33. The number of nitrogens with one attached hydrogen (secondary N) is 1. The van der Waals surface area contributed by atoms with Crippen LogP contribution in [0.1, 0.15) is 24.2 Å². The summed E-state index contributed by atoms with van der Waals surface area (Å²) in [5.41, 5.74) is 0.798. The second-order valence-electron chi connectivity index (χ2n) is 9.05. The normalized spacial score (nSPS) is 25.7. The van der Waals surface area contributed by atoms with Gasteiger partial charge in [-0.15, -0.1) is 0 Å². The van der Waals surface area contributed by atoms with Gasteiger partial charge in [-0.25, -0.2) is 9.79 Å². The highest BCUT2D eigenvalue weighted by atomic mass is 16.6. The number of rotatable bonds is 6. The van der Waals surface area contributed by atoms with Crippen LogP contribution in [0, 0.1) is 0 Å². The monoisotopic (exact) mass is 550 g/mol. The average Bonchev–Trinajstić information content (AvgIpc) is 3.40. The highest BCUT2D eigenvalue weighted by Gasteiger charge is 2.49. The number of carboxylic acid groups (broad SMARTS) is 1. The van der Waals surface area contributed by atoms with Gasteiger partial charge in [-0.1, -0.05) is 0 Å². The van der Waals surface area contributed by atoms with Crippen LogP contribution in [0.4, 0.5) is 5.69 Å². The number of fused-ring (bicyclic) bond motifs is 1. The fourth-order valence-corrected chi connectivity index (χ4v) is 3.67. The lowest BCUT2D eigenvalue weighted by molar-refractivity contribution is -0.117. The molecular formula is C24H34N6O9. The average molecular weight is 551 g/mol. The van der Waals surface area contributed by atoms with Crippen molar-refractivity contribution in [1.29, 1.82) is 0 Å². The van der Waals surface area contributed by atoms with Crippen molar-refractivity contribution >= 4 is 42.0 Å². The van der Waals surface area contributed by atoms with Gasteiger partial charge in [-0.05, 0) is 45.3 Å². The Balaban J connectivity index is 0.000000232. The molecule has 2 amide bonds. The highest BCUT2D eigenvalue weighted by molar-refractivity contribution is 6.19. The quantitative estimate of drug-likeness (QED) is 0.236. The van der Waals surface area contributed by atoms with E-state index in [-0.39, 0.29) is 23.4 Å². The second kappa shape index (κ2) is 14.5. The van der Waals surface area contributed by atoms with Crippen LogP contribution in [-0.2, 0) is 14.3 Å². The van der Waals surface area contributed by atoms with Gasteiger partial charge in [0.1, 0.15) is 30.5 Å². The minimum atomic E-state index is -1.24. The maximum atomic E-state index is 11.5. The Hall–Kier alpha value is -3.60. The molecule has 0 aromatic heterocycles. The van der Waals surface area contributed by atoms with E-state index in [0.717, 1.165) is 12.9 Å². The lowest BCUT2D eigenvalue weighted by Gasteiger charge is -2.26. The molecule has 214 valence electrons. The van der Waals surface area contributed by atoms with Gasteiger partial charge >= 0.3 is 5.97 Å². The summed E-state index contributed by atoms with van der Waals surface area (Å²) in [4.78, 5) is 47.3. The number of anilines is 1. The van der Waals surface area contributed by atoms with E-state index in [1.54, 1.807) is 19.1 Å². The summed E-state index contributed by atoms with van der Waals surface area (Å²) in [6.07, 6.45) is -2.06. The van der Waals surface area contributed by atoms with Crippen LogP contribution in [0.25, 0.3) is 0 Å². The van der Waals surface area contributed by atoms with Gasteiger partial charge in [0.15, 0.2) is 12.3 Å². The SMILES string of the molecule is CC(=O)Nc1ccc(C(=O)O)cc1.CC(O)CN(C)C.O=C1N=CN=C2C1N=CN2C1OC(CO)C(O)C1O. The molecule has 0 bridgehead atoms. The Morgan fingerprint density at radius 2 is 1.82 bits per heavy atom. The standard InChI is InChI=1S/C10H12N4O5.C9H9NO3.C5H13NO/c15-1-4-6(16)7(17)10(19-4)14-3-13-5-8(14)11-2-12-9(5)18;1-6(11)10-8-4-2-7(3-5-8)9(12)13;1-5(7)4-6(2)3/h2-7,10,15-17H,1H2;2-5H,1H3,(H,10,11)(H,12,13);5,7H,4H2,1-3H3. The van der Waals surface area contributed by atoms with Gasteiger partial charge in [0.2, 0.25) is 5.91 Å². The molecule has 0 aliphatic carbocycles. The number of carbonyl (C=O) groups is 3. The van der Waals surface area contributed by atoms with E-state index in [1.807, 2.05) is 19.0 Å². The molecule has 4 rings (SSSR count). The van der Waals surface area contributed by atoms with Crippen LogP contribution in [-0.4, -0.2) is 136 Å². The van der Waals surface area contributed by atoms with Crippen LogP contribution >= 0.6 is 0 Å². The molecule has 1 saturated heterocycles. The number of amidine groups is 1. The zero-order valence-electron chi connectivity index (χ0n) is 21.9. The molecule has 6 N–H and O–H groups in total. The summed E-state index contributed by atoms with van der Waals surface area (Å²) in [7, 11) is 3.87. The number of hydrogen-bond acceptors (Lipinski definition) is 12. The maximum absolute atomic E-state index is 11.5. The predicted molar refractivity (Wildman–Crippen MR) is 141 cm³/mol. The molecule has 0 radical (unpaired) electrons. The first-order chi connectivity index (χ1) is 18.3. The predicted octanol–water partition coefficient (Wildman–Crippen LogP) is -1.62. The van der Waals surface area contributed by atoms with Crippen molar-refractivity contribution in [3.63, 3.8) is 0 Å². The van der Waals surface area contributed by atoms with E-state index in [4.69, 9.17) is 20.1 Å². The number of aliphatic hydroxyl groups excluding tert-OH is 4. The van der Waals surface area contributed by atoms with Crippen molar-refractivity contribution < 1.29 is 44.7 Å². The summed E-state index contributed by atoms with van der Waals surface area (Å²) >= 11 is 0. The lowest BCUT2D eigenvalue weighted by atomic mass is 10.1. The Morgan fingerprint density at radius 1 is 1.18 bits per heavy atom. The number of benzene rings is 1. The smallest absolute Gasteiger partial charge is 0.335 e. The molecule has 3 heterocycles. The van der Waals surface area contributed by atoms with Gasteiger partial charge < -0.3 is 40.5 Å². The number of nitrogens with zero attached hydrogens (tertiary/aromatic N) is 5. The van der Waals surface area contributed by atoms with Crippen LogP contribution in [0.15, 0.2) is 39.2 Å². The third-order valence-corrected chi connectivity index (χ3v) is 5.33. The molecule has 0 spiro atoms. The minimum absolute atomic E-state index is 0.178. The van der Waals surface area contributed by atoms with E-state index < -0.39 is 49.1 Å². The van der Waals surface area contributed by atoms with E-state index in [0.29, 0.717) is 5.69 Å². The van der Waals surface area contributed by atoms with Crippen molar-refractivity contribution in [2.75, 3.05) is 32.6 Å². The Labute approximate surface area is 224 Å². The van der Waals surface area contributed by atoms with Gasteiger partial charge in [0, 0.05) is 19.2 Å². The van der Waals surface area contributed by atoms with Crippen molar-refractivity contribution in [2.45, 2.75) is 50.5 Å². The van der Waals surface area contributed by atoms with E-state index >= 15 is 0 Å². The van der Waals surface area contributed by atoms with Crippen molar-refractivity contribution in [3.05, 3.63) is 29.8 Å². The first-order valence-corrected chi connectivity index (χ1v) is 11.9. The maximum Gasteiger partial charge on any atom is 0.335 e. The number of aliphatic hydroxyl groups is 4. The number of carboxylic acids is 1. The molecular weight excluding hydrogens is 516 g/mol. The minimum Gasteiger partial charge on any atom is -0.478 e. The van der Waals surface area contributed by atoms with Gasteiger partial charge in [-0.3, -0.25) is 19.5 Å². The Kier molecular flexibility index (Phi) is 11.8. The molecule has 15 nitrogen and oxygen atoms in total. The fourth-order valence-electron chi connectivity index (χ4n) is 3.67. The number of hydrogen-bond donors (Lipinski definition) is 6. The molecule has 39 heavy (non-hydrogen) atoms. The summed E-state index contributed by atoms with van der Waals surface area (Å²) < 4.78 is 5.35. The highest BCUT2D eigenvalue weighted by Crippen LogP contribution is 2.27. The summed E-state index contributed by atoms with van der Waals surface area (Å²) in [5.74, 6) is -1.32. The van der Waals surface area contributed by atoms with Crippen LogP contribution in [0.2, 0.25) is 0 Å². The number of ether oxygens (including phenoxy) is 1. The number of amides is 2.